The molecule has 0 saturated carbocycles. The number of nitrogens with one attached hydrogen (secondary N) is 1. The lowest BCUT2D eigenvalue weighted by molar-refractivity contribution is 0.0696. The molecule has 0 bridgehead atoms. The van der Waals surface area contributed by atoms with Crippen LogP contribution in [0.1, 0.15) is 31.8 Å². The van der Waals surface area contributed by atoms with E-state index in [-0.39, 0.29) is 17.7 Å². The lowest BCUT2D eigenvalue weighted by Crippen LogP contribution is -2.24. The molecule has 8 heteroatoms. The molecule has 0 saturated heterocycles. The van der Waals surface area contributed by atoms with Gasteiger partial charge in [0.25, 0.3) is 5.91 Å². The second-order valence-corrected chi connectivity index (χ2v) is 10.2. The number of benzene rings is 5. The monoisotopic (exact) mass is 573 g/mol. The molecule has 0 atom stereocenters. The highest BCUT2D eigenvalue weighted by Gasteiger charge is 2.18. The van der Waals surface area contributed by atoms with Crippen LogP contribution in [-0.2, 0) is 13.1 Å². The van der Waals surface area contributed by atoms with E-state index in [1.165, 1.54) is 24.3 Å². The third kappa shape index (κ3) is 6.04. The van der Waals surface area contributed by atoms with Gasteiger partial charge in [-0.15, -0.1) is 0 Å². The fraction of sp³-hybridized carbons (Fsp3) is 0.0571. The fourth-order valence-corrected chi connectivity index (χ4v) is 5.11. The molecule has 1 amide bonds. The Morgan fingerprint density at radius 2 is 1.42 bits per heavy atom. The van der Waals surface area contributed by atoms with Gasteiger partial charge in [-0.25, -0.2) is 13.6 Å². The first-order valence-electron chi connectivity index (χ1n) is 13.5. The molecule has 1 heterocycles. The standard InChI is InChI=1S/C35H25F2N3O3/c36-30-15-28(16-31(37)18-30)27-14-29-20-39-40(21-23-5-4-8-26(13-23)24-6-2-1-3-7-24)33(29)32(17-27)34(41)38-19-22-9-11-25(12-10-22)35(42)43/h1-18,20H,19,21H2,(H,38,41)(H,42,43). The fourth-order valence-electron chi connectivity index (χ4n) is 5.11. The number of carboxylic acids is 1. The number of fused-ring (bicyclic) bond motifs is 1. The summed E-state index contributed by atoms with van der Waals surface area (Å²) < 4.78 is 29.9. The molecule has 6 rings (SSSR count). The Kier molecular flexibility index (Phi) is 7.49. The van der Waals surface area contributed by atoms with Crippen LogP contribution >= 0.6 is 0 Å². The van der Waals surface area contributed by atoms with E-state index in [2.05, 4.69) is 16.5 Å². The summed E-state index contributed by atoms with van der Waals surface area (Å²) in [6.07, 6.45) is 1.64. The molecular weight excluding hydrogens is 548 g/mol. The normalized spacial score (nSPS) is 11.0. The first-order chi connectivity index (χ1) is 20.8. The zero-order chi connectivity index (χ0) is 29.9. The van der Waals surface area contributed by atoms with Crippen molar-refractivity contribution in [2.45, 2.75) is 13.1 Å². The van der Waals surface area contributed by atoms with E-state index in [9.17, 15) is 18.4 Å². The maximum Gasteiger partial charge on any atom is 0.335 e. The van der Waals surface area contributed by atoms with Gasteiger partial charge in [-0.1, -0.05) is 60.7 Å². The van der Waals surface area contributed by atoms with Gasteiger partial charge in [0.05, 0.1) is 29.4 Å². The summed E-state index contributed by atoms with van der Waals surface area (Å²) in [5.74, 6) is -2.89. The van der Waals surface area contributed by atoms with Crippen LogP contribution in [0.4, 0.5) is 8.78 Å². The van der Waals surface area contributed by atoms with Crippen LogP contribution < -0.4 is 5.32 Å². The molecular formula is C35H25F2N3O3. The minimum atomic E-state index is -1.04. The van der Waals surface area contributed by atoms with Gasteiger partial charge in [0.15, 0.2) is 0 Å². The third-order valence-corrected chi connectivity index (χ3v) is 7.19. The number of hydrogen-bond donors (Lipinski definition) is 2. The van der Waals surface area contributed by atoms with Crippen molar-refractivity contribution < 1.29 is 23.5 Å². The summed E-state index contributed by atoms with van der Waals surface area (Å²) in [4.78, 5) is 24.9. The van der Waals surface area contributed by atoms with E-state index in [4.69, 9.17) is 5.11 Å². The van der Waals surface area contributed by atoms with E-state index in [1.807, 2.05) is 48.5 Å². The highest BCUT2D eigenvalue weighted by Crippen LogP contribution is 2.30. The number of aromatic nitrogens is 2. The van der Waals surface area contributed by atoms with Crippen molar-refractivity contribution in [3.8, 4) is 22.3 Å². The summed E-state index contributed by atoms with van der Waals surface area (Å²) in [7, 11) is 0. The maximum atomic E-state index is 14.1. The highest BCUT2D eigenvalue weighted by atomic mass is 19.1. The largest absolute Gasteiger partial charge is 0.478 e. The molecule has 0 fully saturated rings. The van der Waals surface area contributed by atoms with Gasteiger partial charge in [0, 0.05) is 18.0 Å². The Balaban J connectivity index is 1.38. The predicted octanol–water partition coefficient (Wildman–Crippen LogP) is 7.33. The Morgan fingerprint density at radius 1 is 0.721 bits per heavy atom. The van der Waals surface area contributed by atoms with E-state index in [1.54, 1.807) is 35.1 Å². The number of rotatable bonds is 8. The number of carbonyl (C=O) groups excluding carboxylic acids is 1. The van der Waals surface area contributed by atoms with E-state index < -0.39 is 23.5 Å². The van der Waals surface area contributed by atoms with Gasteiger partial charge in [0.1, 0.15) is 11.6 Å². The average molecular weight is 574 g/mol. The summed E-state index contributed by atoms with van der Waals surface area (Å²) in [5.41, 5.74) is 5.59. The van der Waals surface area contributed by atoms with Crippen LogP contribution in [-0.4, -0.2) is 26.8 Å². The summed E-state index contributed by atoms with van der Waals surface area (Å²) in [6.45, 7) is 0.529. The quantitative estimate of drug-likeness (QED) is 0.200. The molecule has 6 aromatic rings. The van der Waals surface area contributed by atoms with Gasteiger partial charge in [0.2, 0.25) is 0 Å². The molecule has 2 N–H and O–H groups in total. The van der Waals surface area contributed by atoms with Crippen molar-refractivity contribution in [2.75, 3.05) is 0 Å². The highest BCUT2D eigenvalue weighted by molar-refractivity contribution is 6.07. The Bertz CT molecular complexity index is 1950. The smallest absolute Gasteiger partial charge is 0.335 e. The topological polar surface area (TPSA) is 84.2 Å². The van der Waals surface area contributed by atoms with Gasteiger partial charge < -0.3 is 10.4 Å². The lowest BCUT2D eigenvalue weighted by Gasteiger charge is -2.13. The summed E-state index contributed by atoms with van der Waals surface area (Å²) >= 11 is 0. The van der Waals surface area contributed by atoms with Gasteiger partial charge in [-0.05, 0) is 75.8 Å². The number of nitrogens with zero attached hydrogens (tertiary/aromatic N) is 2. The maximum absolute atomic E-state index is 14.1. The zero-order valence-electron chi connectivity index (χ0n) is 22.8. The average Bonchev–Trinajstić information content (AvgIpc) is 3.42. The molecule has 212 valence electrons. The van der Waals surface area contributed by atoms with Gasteiger partial charge in [-0.2, -0.15) is 5.10 Å². The molecule has 0 aliphatic heterocycles. The molecule has 0 radical (unpaired) electrons. The number of halogens is 2. The predicted molar refractivity (Wildman–Crippen MR) is 161 cm³/mol. The molecule has 0 spiro atoms. The molecule has 0 unspecified atom stereocenters. The van der Waals surface area contributed by atoms with Crippen molar-refractivity contribution >= 4 is 22.8 Å². The number of carbonyl (C=O) groups is 2. The molecule has 0 aliphatic carbocycles. The first kappa shape index (κ1) is 27.5. The van der Waals surface area contributed by atoms with Crippen molar-refractivity contribution in [2.24, 2.45) is 0 Å². The van der Waals surface area contributed by atoms with Crippen LogP contribution in [0.3, 0.4) is 0 Å². The van der Waals surface area contributed by atoms with Crippen LogP contribution in [0, 0.1) is 11.6 Å². The number of aromatic carboxylic acids is 1. The molecule has 0 aliphatic rings. The SMILES string of the molecule is O=C(O)c1ccc(CNC(=O)c2cc(-c3cc(F)cc(F)c3)cc3cnn(Cc4cccc(-c5ccccc5)c4)c23)cc1. The van der Waals surface area contributed by atoms with Crippen LogP contribution in [0.2, 0.25) is 0 Å². The van der Waals surface area contributed by atoms with Crippen molar-refractivity contribution in [1.82, 2.24) is 15.1 Å². The zero-order valence-corrected chi connectivity index (χ0v) is 22.8. The first-order valence-corrected chi connectivity index (χ1v) is 13.5. The van der Waals surface area contributed by atoms with Crippen LogP contribution in [0.15, 0.2) is 115 Å². The minimum Gasteiger partial charge on any atom is -0.478 e. The van der Waals surface area contributed by atoms with Gasteiger partial charge in [-0.3, -0.25) is 9.48 Å². The second kappa shape index (κ2) is 11.7. The number of carboxylic acid groups (broad SMARTS) is 1. The lowest BCUT2D eigenvalue weighted by atomic mass is 9.99. The van der Waals surface area contributed by atoms with Gasteiger partial charge >= 0.3 is 5.97 Å². The van der Waals surface area contributed by atoms with Crippen molar-refractivity contribution in [3.05, 3.63) is 149 Å². The summed E-state index contributed by atoms with van der Waals surface area (Å²) in [5, 5.41) is 17.3. The van der Waals surface area contributed by atoms with Crippen molar-refractivity contribution in [1.29, 1.82) is 0 Å². The van der Waals surface area contributed by atoms with E-state index in [0.717, 1.165) is 22.8 Å². The molecule has 6 nitrogen and oxygen atoms in total. The Morgan fingerprint density at radius 3 is 2.14 bits per heavy atom. The number of hydrogen-bond acceptors (Lipinski definition) is 3. The van der Waals surface area contributed by atoms with Crippen LogP contribution in [0.25, 0.3) is 33.2 Å². The van der Waals surface area contributed by atoms with E-state index >= 15 is 0 Å². The van der Waals surface area contributed by atoms with Crippen LogP contribution in [0.5, 0.6) is 0 Å². The van der Waals surface area contributed by atoms with Crippen molar-refractivity contribution in [3.63, 3.8) is 0 Å². The minimum absolute atomic E-state index is 0.145. The molecule has 5 aromatic carbocycles. The third-order valence-electron chi connectivity index (χ3n) is 7.19. The molecule has 1 aromatic heterocycles. The summed E-state index contributed by atoms with van der Waals surface area (Å²) in [6, 6.07) is 30.9. The molecule has 43 heavy (non-hydrogen) atoms. The Hall–Kier alpha value is -5.63. The Labute approximate surface area is 245 Å². The number of amides is 1. The van der Waals surface area contributed by atoms with E-state index in [0.29, 0.717) is 34.1 Å². The second-order valence-electron chi connectivity index (χ2n) is 10.2.